The Bertz CT molecular complexity index is 1020. The molecule has 0 unspecified atom stereocenters. The van der Waals surface area contributed by atoms with Crippen LogP contribution in [0.15, 0.2) is 59.4 Å². The molecule has 0 aliphatic heterocycles. The van der Waals surface area contributed by atoms with Crippen LogP contribution in [-0.2, 0) is 6.54 Å². The van der Waals surface area contributed by atoms with Crippen LogP contribution in [0.3, 0.4) is 0 Å². The summed E-state index contributed by atoms with van der Waals surface area (Å²) in [4.78, 5) is 24.4. The molecule has 28 heavy (non-hydrogen) atoms. The van der Waals surface area contributed by atoms with Gasteiger partial charge in [-0.15, -0.1) is 0 Å². The zero-order valence-electron chi connectivity index (χ0n) is 16.2. The Kier molecular flexibility index (Phi) is 5.89. The van der Waals surface area contributed by atoms with Crippen LogP contribution in [0.2, 0.25) is 0 Å². The molecular weight excluding hydrogens is 354 g/mol. The second-order valence-electron chi connectivity index (χ2n) is 6.64. The van der Waals surface area contributed by atoms with Crippen molar-refractivity contribution in [1.82, 2.24) is 15.1 Å². The first-order chi connectivity index (χ1) is 13.5. The molecule has 6 heteroatoms. The summed E-state index contributed by atoms with van der Waals surface area (Å²) in [6.45, 7) is 4.51. The maximum absolute atomic E-state index is 12.3. The van der Waals surface area contributed by atoms with Crippen molar-refractivity contribution in [1.29, 1.82) is 0 Å². The average Bonchev–Trinajstić information content (AvgIpc) is 2.68. The standard InChI is InChI=1S/C22H23N3O3/c1-15-12-16(2)14-18(13-15)22(27)23-10-11-25-21(26)9-8-20(24-25)17-4-6-19(28-3)7-5-17/h4-9,12-14H,10-11H2,1-3H3,(H,23,27). The molecule has 2 aromatic carbocycles. The Morgan fingerprint density at radius 3 is 2.36 bits per heavy atom. The lowest BCUT2D eigenvalue weighted by Gasteiger charge is -2.10. The monoisotopic (exact) mass is 377 g/mol. The molecular formula is C22H23N3O3. The highest BCUT2D eigenvalue weighted by Gasteiger charge is 2.08. The van der Waals surface area contributed by atoms with Crippen molar-refractivity contribution < 1.29 is 9.53 Å². The van der Waals surface area contributed by atoms with E-state index < -0.39 is 0 Å². The van der Waals surface area contributed by atoms with E-state index in [0.29, 0.717) is 24.3 Å². The van der Waals surface area contributed by atoms with Gasteiger partial charge in [-0.25, -0.2) is 4.68 Å². The molecule has 0 atom stereocenters. The molecule has 0 radical (unpaired) electrons. The topological polar surface area (TPSA) is 73.2 Å². The molecule has 0 aliphatic rings. The van der Waals surface area contributed by atoms with Crippen molar-refractivity contribution in [3.8, 4) is 17.0 Å². The molecule has 3 aromatic rings. The number of hydrogen-bond acceptors (Lipinski definition) is 4. The summed E-state index contributed by atoms with van der Waals surface area (Å²) in [6, 6.07) is 16.3. The highest BCUT2D eigenvalue weighted by Crippen LogP contribution is 2.19. The smallest absolute Gasteiger partial charge is 0.266 e. The molecule has 144 valence electrons. The fourth-order valence-corrected chi connectivity index (χ4v) is 3.01. The molecule has 3 rings (SSSR count). The molecule has 0 aliphatic carbocycles. The third kappa shape index (κ3) is 4.65. The van der Waals surface area contributed by atoms with Crippen molar-refractivity contribution in [2.24, 2.45) is 0 Å². The third-order valence-electron chi connectivity index (χ3n) is 4.35. The Hall–Kier alpha value is -3.41. The molecule has 0 spiro atoms. The normalized spacial score (nSPS) is 10.5. The summed E-state index contributed by atoms with van der Waals surface area (Å²) >= 11 is 0. The van der Waals surface area contributed by atoms with Crippen LogP contribution in [-0.4, -0.2) is 29.3 Å². The summed E-state index contributed by atoms with van der Waals surface area (Å²) in [5.74, 6) is 0.595. The molecule has 1 heterocycles. The first-order valence-electron chi connectivity index (χ1n) is 9.05. The van der Waals surface area contributed by atoms with Crippen LogP contribution in [0.25, 0.3) is 11.3 Å². The minimum Gasteiger partial charge on any atom is -0.497 e. The van der Waals surface area contributed by atoms with Crippen molar-refractivity contribution in [3.63, 3.8) is 0 Å². The van der Waals surface area contributed by atoms with E-state index >= 15 is 0 Å². The second kappa shape index (κ2) is 8.52. The van der Waals surface area contributed by atoms with Crippen molar-refractivity contribution in [2.75, 3.05) is 13.7 Å². The first-order valence-corrected chi connectivity index (χ1v) is 9.05. The number of carbonyl (C=O) groups excluding carboxylic acids is 1. The number of aryl methyl sites for hydroxylation is 2. The Labute approximate surface area is 163 Å². The van der Waals surface area contributed by atoms with Gasteiger partial charge in [0.05, 0.1) is 19.3 Å². The van der Waals surface area contributed by atoms with Gasteiger partial charge >= 0.3 is 0 Å². The first kappa shape index (κ1) is 19.4. The number of ether oxygens (including phenoxy) is 1. The summed E-state index contributed by atoms with van der Waals surface area (Å²) in [7, 11) is 1.61. The quantitative estimate of drug-likeness (QED) is 0.717. The van der Waals surface area contributed by atoms with Crippen LogP contribution < -0.4 is 15.6 Å². The number of amides is 1. The highest BCUT2D eigenvalue weighted by atomic mass is 16.5. The summed E-state index contributed by atoms with van der Waals surface area (Å²) < 4.78 is 6.52. The van der Waals surface area contributed by atoms with E-state index in [4.69, 9.17) is 4.74 Å². The van der Waals surface area contributed by atoms with Gasteiger partial charge in [0.1, 0.15) is 5.75 Å². The number of rotatable bonds is 6. The van der Waals surface area contributed by atoms with E-state index in [1.807, 2.05) is 56.3 Å². The van der Waals surface area contributed by atoms with Gasteiger partial charge in [-0.2, -0.15) is 5.10 Å². The summed E-state index contributed by atoms with van der Waals surface area (Å²) in [5.41, 5.74) is 4.05. The predicted molar refractivity (Wildman–Crippen MR) is 109 cm³/mol. The second-order valence-corrected chi connectivity index (χ2v) is 6.64. The van der Waals surface area contributed by atoms with E-state index in [1.165, 1.54) is 10.7 Å². The number of nitrogens with zero attached hydrogens (tertiary/aromatic N) is 2. The number of carbonyl (C=O) groups is 1. The fourth-order valence-electron chi connectivity index (χ4n) is 3.01. The summed E-state index contributed by atoms with van der Waals surface area (Å²) in [6.07, 6.45) is 0. The molecule has 0 saturated heterocycles. The number of aromatic nitrogens is 2. The Balaban J connectivity index is 1.68. The lowest BCUT2D eigenvalue weighted by Crippen LogP contribution is -2.32. The molecule has 0 saturated carbocycles. The third-order valence-corrected chi connectivity index (χ3v) is 4.35. The van der Waals surface area contributed by atoms with Crippen molar-refractivity contribution in [2.45, 2.75) is 20.4 Å². The van der Waals surface area contributed by atoms with E-state index in [-0.39, 0.29) is 11.5 Å². The van der Waals surface area contributed by atoms with Gasteiger partial charge in [-0.05, 0) is 56.3 Å². The van der Waals surface area contributed by atoms with Gasteiger partial charge in [0.2, 0.25) is 0 Å². The Morgan fingerprint density at radius 2 is 1.71 bits per heavy atom. The lowest BCUT2D eigenvalue weighted by atomic mass is 10.1. The predicted octanol–water partition coefficient (Wildman–Crippen LogP) is 2.97. The Morgan fingerprint density at radius 1 is 1.04 bits per heavy atom. The number of nitrogens with one attached hydrogen (secondary N) is 1. The van der Waals surface area contributed by atoms with Crippen LogP contribution in [0.1, 0.15) is 21.5 Å². The van der Waals surface area contributed by atoms with Gasteiger partial charge in [-0.3, -0.25) is 9.59 Å². The lowest BCUT2D eigenvalue weighted by molar-refractivity contribution is 0.0951. The van der Waals surface area contributed by atoms with Gasteiger partial charge in [0.15, 0.2) is 0 Å². The van der Waals surface area contributed by atoms with Gasteiger partial charge in [0, 0.05) is 23.7 Å². The minimum atomic E-state index is -0.210. The van der Waals surface area contributed by atoms with Gasteiger partial charge in [0.25, 0.3) is 11.5 Å². The maximum Gasteiger partial charge on any atom is 0.266 e. The van der Waals surface area contributed by atoms with Crippen LogP contribution in [0.5, 0.6) is 5.75 Å². The van der Waals surface area contributed by atoms with E-state index in [9.17, 15) is 9.59 Å². The fraction of sp³-hybridized carbons (Fsp3) is 0.227. The molecule has 1 aromatic heterocycles. The number of methoxy groups -OCH3 is 1. The maximum atomic E-state index is 12.3. The molecule has 1 N–H and O–H groups in total. The zero-order valence-corrected chi connectivity index (χ0v) is 16.2. The SMILES string of the molecule is COc1ccc(-c2ccc(=O)n(CCNC(=O)c3cc(C)cc(C)c3)n2)cc1. The van der Waals surface area contributed by atoms with Crippen LogP contribution in [0, 0.1) is 13.8 Å². The van der Waals surface area contributed by atoms with Crippen molar-refractivity contribution in [3.05, 3.63) is 81.6 Å². The molecule has 6 nitrogen and oxygen atoms in total. The van der Waals surface area contributed by atoms with Gasteiger partial charge in [-0.1, -0.05) is 17.2 Å². The minimum absolute atomic E-state index is 0.161. The van der Waals surface area contributed by atoms with Crippen LogP contribution in [0.4, 0.5) is 0 Å². The highest BCUT2D eigenvalue weighted by molar-refractivity contribution is 5.94. The van der Waals surface area contributed by atoms with Crippen LogP contribution >= 0.6 is 0 Å². The van der Waals surface area contributed by atoms with Crippen molar-refractivity contribution >= 4 is 5.91 Å². The van der Waals surface area contributed by atoms with Gasteiger partial charge < -0.3 is 10.1 Å². The largest absolute Gasteiger partial charge is 0.497 e. The molecule has 1 amide bonds. The number of benzene rings is 2. The zero-order chi connectivity index (χ0) is 20.1. The average molecular weight is 377 g/mol. The molecule has 0 fully saturated rings. The number of hydrogen-bond donors (Lipinski definition) is 1. The van der Waals surface area contributed by atoms with E-state index in [1.54, 1.807) is 13.2 Å². The molecule has 0 bridgehead atoms. The summed E-state index contributed by atoms with van der Waals surface area (Å²) in [5, 5.41) is 7.26. The van der Waals surface area contributed by atoms with E-state index in [2.05, 4.69) is 10.4 Å². The van der Waals surface area contributed by atoms with E-state index in [0.717, 1.165) is 22.4 Å².